The van der Waals surface area contributed by atoms with Crippen molar-refractivity contribution in [1.82, 2.24) is 8.87 Å². The van der Waals surface area contributed by atoms with Crippen molar-refractivity contribution in [2.45, 2.75) is 24.1 Å². The highest BCUT2D eigenvalue weighted by molar-refractivity contribution is 7.97. The number of ether oxygens (including phenoxy) is 1. The maximum atomic E-state index is 12.8. The van der Waals surface area contributed by atoms with Gasteiger partial charge < -0.3 is 10.5 Å². The van der Waals surface area contributed by atoms with Crippen LogP contribution in [0.2, 0.25) is 0 Å². The number of hydrogen-bond donors (Lipinski definition) is 1. The lowest BCUT2D eigenvalue weighted by Gasteiger charge is -2.16. The first-order chi connectivity index (χ1) is 13.6. The van der Waals surface area contributed by atoms with Crippen LogP contribution >= 0.6 is 11.9 Å². The van der Waals surface area contributed by atoms with Crippen molar-refractivity contribution in [3.63, 3.8) is 0 Å². The lowest BCUT2D eigenvalue weighted by molar-refractivity contribution is 0.0367. The van der Waals surface area contributed by atoms with Crippen LogP contribution in [0, 0.1) is 0 Å². The van der Waals surface area contributed by atoms with Gasteiger partial charge in [0.1, 0.15) is 0 Å². The molecule has 1 fully saturated rings. The largest absolute Gasteiger partial charge is 0.440 e. The van der Waals surface area contributed by atoms with Gasteiger partial charge in [0, 0.05) is 41.0 Å². The second-order valence-corrected chi connectivity index (χ2v) is 7.90. The third-order valence-corrected chi connectivity index (χ3v) is 5.88. The molecule has 144 valence electrons. The summed E-state index contributed by atoms with van der Waals surface area (Å²) in [6.45, 7) is 1.66. The molecule has 0 saturated carbocycles. The Morgan fingerprint density at radius 1 is 1.11 bits per heavy atom. The number of carbonyl (C=O) groups excluding carboxylic acids is 1. The van der Waals surface area contributed by atoms with E-state index in [0.29, 0.717) is 10.9 Å². The number of benzene rings is 2. The summed E-state index contributed by atoms with van der Waals surface area (Å²) >= 11 is 1.63. The minimum absolute atomic E-state index is 0.124. The van der Waals surface area contributed by atoms with Crippen molar-refractivity contribution in [1.29, 1.82) is 0 Å². The molecule has 0 amide bonds. The van der Waals surface area contributed by atoms with Crippen LogP contribution in [0.4, 0.5) is 0 Å². The predicted molar refractivity (Wildman–Crippen MR) is 110 cm³/mol. The number of pyridine rings is 1. The van der Waals surface area contributed by atoms with E-state index in [-0.39, 0.29) is 18.3 Å². The molecule has 2 aromatic carbocycles. The number of hydrogen-bond acceptors (Lipinski definition) is 6. The quantitative estimate of drug-likeness (QED) is 0.529. The number of rotatable bonds is 5. The van der Waals surface area contributed by atoms with E-state index in [0.717, 1.165) is 29.8 Å². The molecule has 1 aliphatic rings. The third kappa shape index (κ3) is 3.96. The Hall–Kier alpha value is -2.61. The molecule has 0 radical (unpaired) electrons. The second-order valence-electron chi connectivity index (χ2n) is 6.76. The Morgan fingerprint density at radius 3 is 2.68 bits per heavy atom. The zero-order chi connectivity index (χ0) is 19.5. The highest BCUT2D eigenvalue weighted by Gasteiger charge is 2.21. The highest BCUT2D eigenvalue weighted by Crippen LogP contribution is 2.31. The molecule has 3 aromatic rings. The summed E-state index contributed by atoms with van der Waals surface area (Å²) in [4.78, 5) is 26.0. The van der Waals surface area contributed by atoms with E-state index in [1.165, 1.54) is 4.57 Å². The number of carbonyl (C=O) groups is 1. The molecule has 1 aromatic heterocycles. The molecular weight excluding hydrogens is 374 g/mol. The van der Waals surface area contributed by atoms with Crippen molar-refractivity contribution < 1.29 is 9.53 Å². The zero-order valence-electron chi connectivity index (χ0n) is 15.3. The minimum Gasteiger partial charge on any atom is -0.440 e. The Balaban J connectivity index is 1.54. The van der Waals surface area contributed by atoms with Crippen LogP contribution in [0.3, 0.4) is 0 Å². The maximum absolute atomic E-state index is 12.8. The van der Waals surface area contributed by atoms with E-state index in [1.54, 1.807) is 48.5 Å². The standard InChI is InChI=1S/C21H21N3O3S/c22-16-9-12-24(13-16)28-19-8-4-7-18-17(19)10-11-23(20(18)25)14-27-21(26)15-5-2-1-3-6-15/h1-8,10-11,16H,9,12-14,22H2. The number of nitrogens with two attached hydrogens (primary N) is 1. The summed E-state index contributed by atoms with van der Waals surface area (Å²) in [6.07, 6.45) is 2.65. The molecule has 7 heteroatoms. The fourth-order valence-corrected chi connectivity index (χ4v) is 4.39. The van der Waals surface area contributed by atoms with Crippen LogP contribution in [0.5, 0.6) is 0 Å². The predicted octanol–water partition coefficient (Wildman–Crippen LogP) is 2.86. The average Bonchev–Trinajstić information content (AvgIpc) is 3.13. The van der Waals surface area contributed by atoms with Gasteiger partial charge in [0.2, 0.25) is 0 Å². The van der Waals surface area contributed by atoms with Gasteiger partial charge in [-0.3, -0.25) is 9.36 Å². The Labute approximate surface area is 167 Å². The first-order valence-electron chi connectivity index (χ1n) is 9.14. The lowest BCUT2D eigenvalue weighted by Crippen LogP contribution is -2.23. The van der Waals surface area contributed by atoms with Crippen molar-refractivity contribution in [2.75, 3.05) is 13.1 Å². The molecule has 1 atom stereocenters. The Bertz CT molecular complexity index is 1050. The summed E-state index contributed by atoms with van der Waals surface area (Å²) in [5.74, 6) is -0.456. The number of nitrogens with zero attached hydrogens (tertiary/aromatic N) is 2. The second kappa shape index (κ2) is 8.18. The van der Waals surface area contributed by atoms with Gasteiger partial charge in [-0.1, -0.05) is 24.3 Å². The van der Waals surface area contributed by atoms with Crippen LogP contribution in [0.1, 0.15) is 16.8 Å². The molecular formula is C21H21N3O3S. The Morgan fingerprint density at radius 2 is 1.93 bits per heavy atom. The van der Waals surface area contributed by atoms with Gasteiger partial charge in [-0.2, -0.15) is 0 Å². The molecule has 1 aliphatic heterocycles. The summed E-state index contributed by atoms with van der Waals surface area (Å²) in [5, 5.41) is 1.50. The molecule has 0 spiro atoms. The monoisotopic (exact) mass is 395 g/mol. The number of aromatic nitrogens is 1. The van der Waals surface area contributed by atoms with E-state index in [1.807, 2.05) is 24.3 Å². The van der Waals surface area contributed by atoms with E-state index in [2.05, 4.69) is 4.31 Å². The normalized spacial score (nSPS) is 17.1. The summed E-state index contributed by atoms with van der Waals surface area (Å²) in [7, 11) is 0. The number of fused-ring (bicyclic) bond motifs is 1. The van der Waals surface area contributed by atoms with E-state index in [4.69, 9.17) is 10.5 Å². The van der Waals surface area contributed by atoms with Crippen LogP contribution in [0.25, 0.3) is 10.8 Å². The van der Waals surface area contributed by atoms with Crippen LogP contribution in [-0.4, -0.2) is 34.0 Å². The summed E-state index contributed by atoms with van der Waals surface area (Å²) < 4.78 is 8.93. The number of esters is 1. The molecule has 1 unspecified atom stereocenters. The van der Waals surface area contributed by atoms with Crippen LogP contribution in [-0.2, 0) is 11.5 Å². The molecule has 28 heavy (non-hydrogen) atoms. The maximum Gasteiger partial charge on any atom is 0.339 e. The molecule has 0 aliphatic carbocycles. The SMILES string of the molecule is NC1CCN(Sc2cccc3c(=O)n(COC(=O)c4ccccc4)ccc23)C1. The van der Waals surface area contributed by atoms with Gasteiger partial charge in [-0.05, 0) is 48.7 Å². The molecule has 2 heterocycles. The van der Waals surface area contributed by atoms with Crippen molar-refractivity contribution in [2.24, 2.45) is 5.73 Å². The third-order valence-electron chi connectivity index (χ3n) is 4.74. The van der Waals surface area contributed by atoms with E-state index < -0.39 is 5.97 Å². The van der Waals surface area contributed by atoms with Gasteiger partial charge in [0.05, 0.1) is 5.56 Å². The van der Waals surface area contributed by atoms with E-state index >= 15 is 0 Å². The smallest absolute Gasteiger partial charge is 0.339 e. The molecule has 1 saturated heterocycles. The molecule has 0 bridgehead atoms. The van der Waals surface area contributed by atoms with Crippen molar-refractivity contribution >= 4 is 28.7 Å². The Kier molecular flexibility index (Phi) is 5.47. The highest BCUT2D eigenvalue weighted by atomic mass is 32.2. The molecule has 4 rings (SSSR count). The first-order valence-corrected chi connectivity index (χ1v) is 9.92. The van der Waals surface area contributed by atoms with Gasteiger partial charge in [0.15, 0.2) is 6.73 Å². The zero-order valence-corrected chi connectivity index (χ0v) is 16.1. The van der Waals surface area contributed by atoms with Crippen molar-refractivity contribution in [3.05, 3.63) is 76.7 Å². The van der Waals surface area contributed by atoms with E-state index in [9.17, 15) is 9.59 Å². The minimum atomic E-state index is -0.456. The van der Waals surface area contributed by atoms with Gasteiger partial charge in [-0.25, -0.2) is 9.10 Å². The average molecular weight is 395 g/mol. The van der Waals surface area contributed by atoms with Gasteiger partial charge in [0.25, 0.3) is 5.56 Å². The van der Waals surface area contributed by atoms with Gasteiger partial charge >= 0.3 is 5.97 Å². The molecule has 6 nitrogen and oxygen atoms in total. The fourth-order valence-electron chi connectivity index (χ4n) is 3.23. The van der Waals surface area contributed by atoms with Crippen LogP contribution < -0.4 is 11.3 Å². The first kappa shape index (κ1) is 18.7. The van der Waals surface area contributed by atoms with Gasteiger partial charge in [-0.15, -0.1) is 0 Å². The lowest BCUT2D eigenvalue weighted by atomic mass is 10.2. The summed E-state index contributed by atoms with van der Waals surface area (Å²) in [6, 6.07) is 16.5. The molecule has 2 N–H and O–H groups in total. The van der Waals surface area contributed by atoms with Crippen molar-refractivity contribution in [3.8, 4) is 0 Å². The topological polar surface area (TPSA) is 77.6 Å². The fraction of sp³-hybridized carbons (Fsp3) is 0.238. The van der Waals surface area contributed by atoms with Crippen LogP contribution in [0.15, 0.2) is 70.5 Å². The summed E-state index contributed by atoms with van der Waals surface area (Å²) in [5.41, 5.74) is 6.26.